The second-order valence-corrected chi connectivity index (χ2v) is 0.455. The molecule has 0 rings (SSSR count). The van der Waals surface area contributed by atoms with E-state index in [2.05, 4.69) is 15.9 Å². The summed E-state index contributed by atoms with van der Waals surface area (Å²) in [5.74, 6) is -0.333. The second kappa shape index (κ2) is 8.96. The molecule has 0 amide bonds. The van der Waals surface area contributed by atoms with E-state index >= 15 is 0 Å². The Morgan fingerprint density at radius 2 is 1.50 bits per heavy atom. The SMILES string of the molecule is N=C(N)N.[CH3][Hg]. The molecule has 0 radical (unpaired) electrons. The second-order valence-electron chi connectivity index (χ2n) is 0.455. The van der Waals surface area contributed by atoms with Crippen molar-refractivity contribution in [2.45, 2.75) is 4.43 Å². The summed E-state index contributed by atoms with van der Waals surface area (Å²) in [6.07, 6.45) is 0. The molecule has 0 bridgehead atoms. The van der Waals surface area contributed by atoms with Crippen LogP contribution in [0.4, 0.5) is 0 Å². The zero-order valence-corrected chi connectivity index (χ0v) is 9.36. The number of nitrogens with two attached hydrogens (primary N) is 2. The molecule has 0 aliphatic rings. The van der Waals surface area contributed by atoms with Gasteiger partial charge in [0.05, 0.1) is 0 Å². The first-order chi connectivity index (χ1) is 2.73. The molecule has 0 atom stereocenters. The van der Waals surface area contributed by atoms with Crippen molar-refractivity contribution in [1.82, 2.24) is 0 Å². The van der Waals surface area contributed by atoms with Gasteiger partial charge in [0.15, 0.2) is 5.96 Å². The van der Waals surface area contributed by atoms with Gasteiger partial charge in [0, 0.05) is 0 Å². The summed E-state index contributed by atoms with van der Waals surface area (Å²) < 4.78 is 2.19. The third-order valence-electron chi connectivity index (χ3n) is 0. The van der Waals surface area contributed by atoms with Crippen LogP contribution in [0.25, 0.3) is 0 Å². The Bertz CT molecular complexity index is 31.8. The third kappa shape index (κ3) is 1030. The van der Waals surface area contributed by atoms with E-state index in [4.69, 9.17) is 5.41 Å². The van der Waals surface area contributed by atoms with Gasteiger partial charge in [-0.15, -0.1) is 0 Å². The first-order valence-electron chi connectivity index (χ1n) is 1.53. The Labute approximate surface area is 53.6 Å². The Morgan fingerprint density at radius 3 is 1.50 bits per heavy atom. The maximum atomic E-state index is 6.06. The van der Waals surface area contributed by atoms with Crippen molar-refractivity contribution in [3.8, 4) is 0 Å². The molecule has 3 nitrogen and oxygen atoms in total. The Balaban J connectivity index is 0. The van der Waals surface area contributed by atoms with Crippen LogP contribution >= 0.6 is 0 Å². The van der Waals surface area contributed by atoms with Crippen molar-refractivity contribution in [2.75, 3.05) is 0 Å². The van der Waals surface area contributed by atoms with Gasteiger partial charge in [0.25, 0.3) is 0 Å². The molecule has 5 N–H and O–H groups in total. The Hall–Kier alpha value is 0.205. The van der Waals surface area contributed by atoms with Crippen LogP contribution in [0.1, 0.15) is 0 Å². The summed E-state index contributed by atoms with van der Waals surface area (Å²) in [4.78, 5) is 0. The van der Waals surface area contributed by atoms with Gasteiger partial charge in [-0.1, -0.05) is 0 Å². The summed E-state index contributed by atoms with van der Waals surface area (Å²) >= 11 is 1.03. The average molecular weight is 275 g/mol. The molecular formula is C2H8HgN3. The topological polar surface area (TPSA) is 75.9 Å². The molecule has 0 unspecified atom stereocenters. The normalized spacial score (nSPS) is 5.17. The van der Waals surface area contributed by atoms with E-state index in [1.54, 1.807) is 0 Å². The molecule has 33 valence electrons. The number of nitrogens with one attached hydrogen (secondary N) is 1. The van der Waals surface area contributed by atoms with Crippen LogP contribution in [0, 0.1) is 5.41 Å². The van der Waals surface area contributed by atoms with Crippen molar-refractivity contribution < 1.29 is 26.1 Å². The van der Waals surface area contributed by atoms with Gasteiger partial charge in [-0.25, -0.2) is 0 Å². The quantitative estimate of drug-likeness (QED) is 0.314. The Kier molecular flexibility index (Phi) is 14.2. The minimum absolute atomic E-state index is 0.333. The zero-order chi connectivity index (χ0) is 5.58. The van der Waals surface area contributed by atoms with Crippen molar-refractivity contribution in [3.05, 3.63) is 0 Å². The first kappa shape index (κ1) is 9.51. The molecule has 0 aromatic heterocycles. The van der Waals surface area contributed by atoms with Gasteiger partial charge in [-0.3, -0.25) is 5.41 Å². The van der Waals surface area contributed by atoms with E-state index in [1.165, 1.54) is 0 Å². The van der Waals surface area contributed by atoms with Gasteiger partial charge < -0.3 is 11.5 Å². The summed E-state index contributed by atoms with van der Waals surface area (Å²) in [7, 11) is 0. The molecule has 0 aromatic rings. The van der Waals surface area contributed by atoms with Crippen LogP contribution in [0.15, 0.2) is 0 Å². The van der Waals surface area contributed by atoms with Crippen molar-refractivity contribution in [3.63, 3.8) is 0 Å². The third-order valence-corrected chi connectivity index (χ3v) is 0. The van der Waals surface area contributed by atoms with Gasteiger partial charge in [-0.05, 0) is 0 Å². The Morgan fingerprint density at radius 1 is 1.50 bits per heavy atom. The van der Waals surface area contributed by atoms with Crippen LogP contribution in [0.5, 0.6) is 0 Å². The van der Waals surface area contributed by atoms with E-state index in [-0.39, 0.29) is 5.96 Å². The summed E-state index contributed by atoms with van der Waals surface area (Å²) in [5.41, 5.74) is 8.94. The number of rotatable bonds is 0. The van der Waals surface area contributed by atoms with Crippen LogP contribution in [0.3, 0.4) is 0 Å². The van der Waals surface area contributed by atoms with E-state index in [0.29, 0.717) is 0 Å². The molecule has 0 spiro atoms. The van der Waals surface area contributed by atoms with Crippen molar-refractivity contribution in [2.24, 2.45) is 11.5 Å². The molecule has 0 aliphatic heterocycles. The molecule has 0 aliphatic carbocycles. The molecule has 0 saturated carbocycles. The number of guanidine groups is 1. The van der Waals surface area contributed by atoms with E-state index in [1.807, 2.05) is 0 Å². The van der Waals surface area contributed by atoms with E-state index in [0.717, 1.165) is 26.1 Å². The molecule has 6 heavy (non-hydrogen) atoms. The zero-order valence-electron chi connectivity index (χ0n) is 3.86. The van der Waals surface area contributed by atoms with Crippen LogP contribution in [-0.4, -0.2) is 5.96 Å². The molecule has 0 aromatic carbocycles. The molecular weight excluding hydrogens is 267 g/mol. The summed E-state index contributed by atoms with van der Waals surface area (Å²) in [6, 6.07) is 0. The molecule has 0 heterocycles. The van der Waals surface area contributed by atoms with Crippen LogP contribution < -0.4 is 11.5 Å². The van der Waals surface area contributed by atoms with Crippen LogP contribution in [0.2, 0.25) is 4.43 Å². The number of hydrogen-bond donors (Lipinski definition) is 3. The molecule has 0 saturated heterocycles. The van der Waals surface area contributed by atoms with Crippen molar-refractivity contribution >= 4 is 5.96 Å². The molecule has 4 heteroatoms. The molecule has 0 fully saturated rings. The van der Waals surface area contributed by atoms with Gasteiger partial charge >= 0.3 is 30.6 Å². The predicted octanol–water partition coefficient (Wildman–Crippen LogP) is -0.580. The fourth-order valence-corrected chi connectivity index (χ4v) is 0. The first-order valence-corrected chi connectivity index (χ1v) is 7.03. The monoisotopic (exact) mass is 276 g/mol. The average Bonchev–Trinajstić information content (AvgIpc) is 1.41. The maximum absolute atomic E-state index is 6.06. The summed E-state index contributed by atoms with van der Waals surface area (Å²) in [6.45, 7) is 0. The summed E-state index contributed by atoms with van der Waals surface area (Å²) in [5, 5.41) is 6.06. The van der Waals surface area contributed by atoms with Crippen LogP contribution in [-0.2, 0) is 26.1 Å². The van der Waals surface area contributed by atoms with Crippen molar-refractivity contribution in [1.29, 1.82) is 5.41 Å². The van der Waals surface area contributed by atoms with E-state index < -0.39 is 0 Å². The predicted molar refractivity (Wildman–Crippen MR) is 22.0 cm³/mol. The van der Waals surface area contributed by atoms with Gasteiger partial charge in [0.2, 0.25) is 0 Å². The van der Waals surface area contributed by atoms with Gasteiger partial charge in [-0.2, -0.15) is 0 Å². The fraction of sp³-hybridized carbons (Fsp3) is 0.500. The van der Waals surface area contributed by atoms with E-state index in [9.17, 15) is 0 Å². The fourth-order valence-electron chi connectivity index (χ4n) is 0. The van der Waals surface area contributed by atoms with Gasteiger partial charge in [0.1, 0.15) is 0 Å². The minimum atomic E-state index is -0.333. The number of hydrogen-bond acceptors (Lipinski definition) is 1. The standard InChI is InChI=1S/CH5N3.CH3.Hg/c2-1(3)4;;/h(H5,2,3,4);1H3;.